The molecule has 0 N–H and O–H groups in total. The molecule has 0 saturated carbocycles. The Hall–Kier alpha value is -3.65. The maximum Gasteiger partial charge on any atom is 0.209 e. The Morgan fingerprint density at radius 1 is 0.811 bits per heavy atom. The van der Waals surface area contributed by atoms with Gasteiger partial charge in [-0.05, 0) is 59.0 Å². The Balaban J connectivity index is 1.53. The minimum Gasteiger partial charge on any atom is -0.370 e. The van der Waals surface area contributed by atoms with Crippen molar-refractivity contribution in [3.63, 3.8) is 0 Å². The smallest absolute Gasteiger partial charge is 0.209 e. The highest BCUT2D eigenvalue weighted by Gasteiger charge is 2.53. The van der Waals surface area contributed by atoms with Gasteiger partial charge >= 0.3 is 0 Å². The summed E-state index contributed by atoms with van der Waals surface area (Å²) in [7, 11) is 4.55. The molecule has 0 radical (unpaired) electrons. The van der Waals surface area contributed by atoms with Gasteiger partial charge in [0.05, 0.1) is 11.8 Å². The summed E-state index contributed by atoms with van der Waals surface area (Å²) in [5, 5.41) is 5.34. The molecule has 0 saturated heterocycles. The van der Waals surface area contributed by atoms with Crippen LogP contribution in [0.25, 0.3) is 21.5 Å². The van der Waals surface area contributed by atoms with Gasteiger partial charge in [0.1, 0.15) is 7.05 Å². The molecule has 4 aromatic carbocycles. The number of hydrogen-bond donors (Lipinski definition) is 0. The van der Waals surface area contributed by atoms with Crippen LogP contribution in [0.3, 0.4) is 0 Å². The van der Waals surface area contributed by atoms with Crippen LogP contribution in [0.5, 0.6) is 0 Å². The summed E-state index contributed by atoms with van der Waals surface area (Å²) in [6.07, 6.45) is 7.06. The average molecular weight is 486 g/mol. The topological polar surface area (TPSA) is 6.25 Å². The summed E-state index contributed by atoms with van der Waals surface area (Å²) in [5.74, 6) is 0. The van der Waals surface area contributed by atoms with E-state index in [9.17, 15) is 0 Å². The van der Waals surface area contributed by atoms with E-state index in [1.165, 1.54) is 49.8 Å². The first-order valence-corrected chi connectivity index (χ1v) is 13.4. The van der Waals surface area contributed by atoms with Crippen LogP contribution in [0.1, 0.15) is 44.2 Å². The molecule has 2 aliphatic rings. The summed E-state index contributed by atoms with van der Waals surface area (Å²) >= 11 is 0. The zero-order valence-electron chi connectivity index (χ0n) is 22.6. The number of benzene rings is 4. The van der Waals surface area contributed by atoms with Gasteiger partial charge in [-0.25, -0.2) is 4.58 Å². The molecule has 0 aliphatic carbocycles. The fourth-order valence-electron chi connectivity index (χ4n) is 7.65. The van der Waals surface area contributed by atoms with E-state index in [-0.39, 0.29) is 10.8 Å². The van der Waals surface area contributed by atoms with Crippen molar-refractivity contribution in [2.24, 2.45) is 0 Å². The van der Waals surface area contributed by atoms with Crippen LogP contribution in [0.2, 0.25) is 0 Å². The van der Waals surface area contributed by atoms with Crippen molar-refractivity contribution in [3.05, 3.63) is 109 Å². The molecule has 4 aromatic rings. The van der Waals surface area contributed by atoms with E-state index >= 15 is 0 Å². The normalized spacial score (nSPS) is 24.5. The summed E-state index contributed by atoms with van der Waals surface area (Å²) < 4.78 is 2.48. The molecule has 2 heterocycles. The van der Waals surface area contributed by atoms with Crippen LogP contribution < -0.4 is 4.90 Å². The van der Waals surface area contributed by atoms with E-state index in [1.807, 2.05) is 0 Å². The first-order chi connectivity index (χ1) is 17.8. The first kappa shape index (κ1) is 23.7. The lowest BCUT2D eigenvalue weighted by molar-refractivity contribution is -0.404. The minimum absolute atomic E-state index is 0.0491. The fraction of sp³-hybridized carbons (Fsp3) is 0.286. The third-order valence-corrected chi connectivity index (χ3v) is 9.43. The third-order valence-electron chi connectivity index (χ3n) is 9.43. The highest BCUT2D eigenvalue weighted by Crippen LogP contribution is 2.53. The van der Waals surface area contributed by atoms with E-state index in [1.54, 1.807) is 0 Å². The summed E-state index contributed by atoms with van der Waals surface area (Å²) in [4.78, 5) is 2.54. The number of anilines is 1. The third kappa shape index (κ3) is 3.21. The molecule has 2 aliphatic heterocycles. The van der Waals surface area contributed by atoms with Gasteiger partial charge in [0.25, 0.3) is 0 Å². The number of likely N-dealkylation sites (N-methyl/N-ethyl adjacent to an activating group) is 1. The molecular formula is C35H37N2+. The standard InChI is InChI=1S/C35H37N2/c1-7-21-34(3)30(36(5)28-19-17-24-13-9-11-15-26(24)32(28)34)23-31-35(4,22-8-2)33-27-16-12-10-14-25(27)18-20-29(33)37(31)6/h7-20,30H,1-2,21-23H2,3-6H3/q+1. The van der Waals surface area contributed by atoms with E-state index in [2.05, 4.69) is 136 Å². The maximum atomic E-state index is 4.20. The predicted octanol–water partition coefficient (Wildman–Crippen LogP) is 8.30. The van der Waals surface area contributed by atoms with E-state index < -0.39 is 0 Å². The van der Waals surface area contributed by atoms with Gasteiger partial charge in [-0.3, -0.25) is 0 Å². The Morgan fingerprint density at radius 2 is 1.41 bits per heavy atom. The van der Waals surface area contributed by atoms with Crippen molar-refractivity contribution in [1.29, 1.82) is 0 Å². The Bertz CT molecular complexity index is 1610. The number of rotatable bonds is 6. The second kappa shape index (κ2) is 8.45. The molecule has 0 bridgehead atoms. The molecule has 6 rings (SSSR count). The Labute approximate surface area is 221 Å². The number of hydrogen-bond acceptors (Lipinski definition) is 1. The van der Waals surface area contributed by atoms with E-state index in [0.717, 1.165) is 19.3 Å². The van der Waals surface area contributed by atoms with Crippen LogP contribution in [0.4, 0.5) is 11.4 Å². The molecular weight excluding hydrogens is 448 g/mol. The second-order valence-electron chi connectivity index (χ2n) is 11.4. The zero-order valence-corrected chi connectivity index (χ0v) is 22.6. The van der Waals surface area contributed by atoms with Gasteiger partial charge < -0.3 is 4.90 Å². The van der Waals surface area contributed by atoms with E-state index in [0.29, 0.717) is 6.04 Å². The molecule has 0 aromatic heterocycles. The highest BCUT2D eigenvalue weighted by atomic mass is 15.2. The maximum absolute atomic E-state index is 4.20. The largest absolute Gasteiger partial charge is 0.370 e. The van der Waals surface area contributed by atoms with Crippen molar-refractivity contribution >= 4 is 38.6 Å². The van der Waals surface area contributed by atoms with Gasteiger partial charge in [0, 0.05) is 35.8 Å². The molecule has 2 heteroatoms. The quantitative estimate of drug-likeness (QED) is 0.197. The van der Waals surface area contributed by atoms with Crippen LogP contribution in [-0.2, 0) is 10.8 Å². The van der Waals surface area contributed by atoms with Gasteiger partial charge in [0.2, 0.25) is 5.69 Å². The molecule has 2 nitrogen and oxygen atoms in total. The molecule has 37 heavy (non-hydrogen) atoms. The molecule has 186 valence electrons. The van der Waals surface area contributed by atoms with Crippen LogP contribution in [0.15, 0.2) is 98.1 Å². The van der Waals surface area contributed by atoms with Crippen molar-refractivity contribution < 1.29 is 4.58 Å². The van der Waals surface area contributed by atoms with Crippen molar-refractivity contribution in [1.82, 2.24) is 0 Å². The van der Waals surface area contributed by atoms with Crippen LogP contribution in [-0.4, -0.2) is 30.4 Å². The SMILES string of the molecule is C=CCC1(C)C(CC2N(C)c3ccc4ccccc4c3C2(C)CC=C)=[N+](C)c2ccc3ccccc3c21. The van der Waals surface area contributed by atoms with Gasteiger partial charge in [-0.15, -0.1) is 13.2 Å². The predicted molar refractivity (Wildman–Crippen MR) is 160 cm³/mol. The monoisotopic (exact) mass is 485 g/mol. The average Bonchev–Trinajstić information content (AvgIpc) is 3.25. The lowest BCUT2D eigenvalue weighted by atomic mass is 9.68. The Kier molecular flexibility index (Phi) is 5.42. The van der Waals surface area contributed by atoms with Gasteiger partial charge in [0.15, 0.2) is 5.71 Å². The zero-order chi connectivity index (χ0) is 25.9. The van der Waals surface area contributed by atoms with Crippen LogP contribution in [0, 0.1) is 0 Å². The van der Waals surface area contributed by atoms with Gasteiger partial charge in [-0.2, -0.15) is 0 Å². The van der Waals surface area contributed by atoms with Crippen molar-refractivity contribution in [2.75, 3.05) is 19.0 Å². The number of nitrogens with zero attached hydrogens (tertiary/aromatic N) is 2. The molecule has 0 fully saturated rings. The molecule has 0 spiro atoms. The second-order valence-corrected chi connectivity index (χ2v) is 11.4. The van der Waals surface area contributed by atoms with Gasteiger partial charge in [-0.1, -0.05) is 73.7 Å². The Morgan fingerprint density at radius 3 is 2.05 bits per heavy atom. The molecule has 0 amide bonds. The first-order valence-electron chi connectivity index (χ1n) is 13.4. The molecule has 3 unspecified atom stereocenters. The summed E-state index contributed by atoms with van der Waals surface area (Å²) in [6, 6.07) is 27.2. The number of fused-ring (bicyclic) bond motifs is 6. The highest BCUT2D eigenvalue weighted by molar-refractivity contribution is 6.04. The minimum atomic E-state index is -0.112. The number of allylic oxidation sites excluding steroid dienone is 2. The lowest BCUT2D eigenvalue weighted by Crippen LogP contribution is -2.46. The summed E-state index contributed by atoms with van der Waals surface area (Å²) in [5.41, 5.74) is 6.90. The van der Waals surface area contributed by atoms with Crippen molar-refractivity contribution in [3.8, 4) is 0 Å². The molecule has 3 atom stereocenters. The van der Waals surface area contributed by atoms with Crippen LogP contribution >= 0.6 is 0 Å². The van der Waals surface area contributed by atoms with E-state index in [4.69, 9.17) is 0 Å². The fourth-order valence-corrected chi connectivity index (χ4v) is 7.65. The van der Waals surface area contributed by atoms with Crippen molar-refractivity contribution in [2.45, 2.75) is 50.0 Å². The lowest BCUT2D eigenvalue weighted by Gasteiger charge is -2.36. The summed E-state index contributed by atoms with van der Waals surface area (Å²) in [6.45, 7) is 13.3.